The van der Waals surface area contributed by atoms with Gasteiger partial charge in [-0.05, 0) is 0 Å². The first-order chi connectivity index (χ1) is 8.93. The highest BCUT2D eigenvalue weighted by molar-refractivity contribution is 7.89. The van der Waals surface area contributed by atoms with Crippen LogP contribution in [-0.2, 0) is 16.6 Å². The summed E-state index contributed by atoms with van der Waals surface area (Å²) in [5.74, 6) is 0. The predicted octanol–water partition coefficient (Wildman–Crippen LogP) is 0.0418. The van der Waals surface area contributed by atoms with Gasteiger partial charge < -0.3 is 4.74 Å². The van der Waals surface area contributed by atoms with Crippen LogP contribution in [0.2, 0.25) is 0 Å². The first-order valence-electron chi connectivity index (χ1n) is 5.25. The molecule has 0 spiro atoms. The fourth-order valence-corrected chi connectivity index (χ4v) is 2.80. The molecule has 0 aliphatic heterocycles. The van der Waals surface area contributed by atoms with Gasteiger partial charge in [0.15, 0.2) is 0 Å². The normalized spacial score (nSPS) is 12.0. The van der Waals surface area contributed by atoms with Crippen LogP contribution in [0.3, 0.4) is 0 Å². The van der Waals surface area contributed by atoms with E-state index in [2.05, 4.69) is 15.3 Å². The number of aromatic nitrogens is 4. The first kappa shape index (κ1) is 13.9. The summed E-state index contributed by atoms with van der Waals surface area (Å²) in [7, 11) is 1.01. The molecule has 0 aliphatic rings. The lowest BCUT2D eigenvalue weighted by Gasteiger charge is -2.08. The van der Waals surface area contributed by atoms with E-state index in [1.54, 1.807) is 0 Å². The molecule has 0 bridgehead atoms. The third kappa shape index (κ3) is 2.91. The van der Waals surface area contributed by atoms with Crippen LogP contribution < -0.4 is 4.74 Å². The Morgan fingerprint density at radius 3 is 2.74 bits per heavy atom. The summed E-state index contributed by atoms with van der Waals surface area (Å²) >= 11 is 1.29. The Morgan fingerprint density at radius 2 is 2.16 bits per heavy atom. The second kappa shape index (κ2) is 5.23. The zero-order valence-electron chi connectivity index (χ0n) is 10.6. The van der Waals surface area contributed by atoms with Crippen molar-refractivity contribution < 1.29 is 13.2 Å². The Bertz CT molecular complexity index is 661. The smallest absolute Gasteiger partial charge is 0.293 e. The third-order valence-electron chi connectivity index (χ3n) is 2.31. The maximum atomic E-state index is 11.9. The highest BCUT2D eigenvalue weighted by Gasteiger charge is 2.19. The monoisotopic (exact) mass is 303 g/mol. The molecule has 0 radical (unpaired) electrons. The van der Waals surface area contributed by atoms with Crippen molar-refractivity contribution in [2.75, 3.05) is 21.2 Å². The molecule has 2 rings (SSSR count). The molecule has 0 amide bonds. The van der Waals surface area contributed by atoms with E-state index < -0.39 is 10.0 Å². The number of methoxy groups -OCH3 is 1. The summed E-state index contributed by atoms with van der Waals surface area (Å²) in [4.78, 5) is 0.147. The van der Waals surface area contributed by atoms with Gasteiger partial charge in [0.2, 0.25) is 10.0 Å². The van der Waals surface area contributed by atoms with E-state index in [1.807, 2.05) is 0 Å². The summed E-state index contributed by atoms with van der Waals surface area (Å²) in [5, 5.41) is 12.9. The molecule has 19 heavy (non-hydrogen) atoms. The SMILES string of the molecule is COc1nnc(Cn2cc(S(=O)(=O)N(C)C)cn2)s1. The van der Waals surface area contributed by atoms with E-state index >= 15 is 0 Å². The number of ether oxygens (including phenoxy) is 1. The summed E-state index contributed by atoms with van der Waals surface area (Å²) < 4.78 is 31.3. The molecular weight excluding hydrogens is 290 g/mol. The van der Waals surface area contributed by atoms with Crippen molar-refractivity contribution in [2.45, 2.75) is 11.4 Å². The molecule has 0 saturated heterocycles. The summed E-state index contributed by atoms with van der Waals surface area (Å²) in [5.41, 5.74) is 0. The molecule has 0 aliphatic carbocycles. The number of hydrogen-bond donors (Lipinski definition) is 0. The first-order valence-corrected chi connectivity index (χ1v) is 7.50. The molecule has 0 aromatic carbocycles. The van der Waals surface area contributed by atoms with Gasteiger partial charge in [-0.25, -0.2) is 12.7 Å². The number of sulfonamides is 1. The molecule has 2 aromatic rings. The lowest BCUT2D eigenvalue weighted by Crippen LogP contribution is -2.21. The van der Waals surface area contributed by atoms with Gasteiger partial charge in [0.25, 0.3) is 5.19 Å². The number of rotatable bonds is 5. The van der Waals surface area contributed by atoms with Crippen LogP contribution in [0, 0.1) is 0 Å². The van der Waals surface area contributed by atoms with Crippen molar-refractivity contribution in [3.8, 4) is 5.19 Å². The fourth-order valence-electron chi connectivity index (χ4n) is 1.30. The van der Waals surface area contributed by atoms with Crippen molar-refractivity contribution in [3.05, 3.63) is 17.4 Å². The Kier molecular flexibility index (Phi) is 3.83. The Balaban J connectivity index is 2.18. The van der Waals surface area contributed by atoms with Crippen LogP contribution in [0.4, 0.5) is 0 Å². The highest BCUT2D eigenvalue weighted by Crippen LogP contribution is 2.18. The minimum absolute atomic E-state index is 0.147. The topological polar surface area (TPSA) is 90.2 Å². The quantitative estimate of drug-likeness (QED) is 0.775. The molecule has 0 unspecified atom stereocenters. The average molecular weight is 303 g/mol. The second-order valence-corrected chi connectivity index (χ2v) is 7.00. The molecule has 8 nitrogen and oxygen atoms in total. The van der Waals surface area contributed by atoms with Crippen LogP contribution in [0.1, 0.15) is 5.01 Å². The van der Waals surface area contributed by atoms with Gasteiger partial charge in [0.1, 0.15) is 9.90 Å². The lowest BCUT2D eigenvalue weighted by atomic mass is 10.7. The maximum Gasteiger partial charge on any atom is 0.293 e. The van der Waals surface area contributed by atoms with E-state index in [4.69, 9.17) is 4.74 Å². The van der Waals surface area contributed by atoms with E-state index in [1.165, 1.54) is 49.6 Å². The maximum absolute atomic E-state index is 11.9. The van der Waals surface area contributed by atoms with Gasteiger partial charge in [0.05, 0.1) is 19.9 Å². The van der Waals surface area contributed by atoms with Gasteiger partial charge in [-0.1, -0.05) is 16.4 Å². The van der Waals surface area contributed by atoms with Gasteiger partial charge in [-0.2, -0.15) is 5.10 Å². The van der Waals surface area contributed by atoms with E-state index in [0.717, 1.165) is 4.31 Å². The van der Waals surface area contributed by atoms with Crippen LogP contribution >= 0.6 is 11.3 Å². The van der Waals surface area contributed by atoms with Crippen molar-refractivity contribution >= 4 is 21.4 Å². The van der Waals surface area contributed by atoms with Gasteiger partial charge in [-0.15, -0.1) is 5.10 Å². The van der Waals surface area contributed by atoms with Gasteiger partial charge in [-0.3, -0.25) is 4.68 Å². The number of hydrogen-bond acceptors (Lipinski definition) is 7. The molecule has 0 fully saturated rings. The number of nitrogens with zero attached hydrogens (tertiary/aromatic N) is 5. The van der Waals surface area contributed by atoms with E-state index in [-0.39, 0.29) is 4.90 Å². The third-order valence-corrected chi connectivity index (χ3v) is 4.95. The van der Waals surface area contributed by atoms with Crippen molar-refractivity contribution in [1.29, 1.82) is 0 Å². The molecule has 104 valence electrons. The van der Waals surface area contributed by atoms with Crippen molar-refractivity contribution in [3.63, 3.8) is 0 Å². The van der Waals surface area contributed by atoms with E-state index in [0.29, 0.717) is 16.7 Å². The van der Waals surface area contributed by atoms with Crippen LogP contribution in [0.5, 0.6) is 5.19 Å². The molecular formula is C9H13N5O3S2. The molecule has 0 saturated carbocycles. The predicted molar refractivity (Wildman–Crippen MR) is 68.7 cm³/mol. The fraction of sp³-hybridized carbons (Fsp3) is 0.444. The van der Waals surface area contributed by atoms with Gasteiger partial charge >= 0.3 is 0 Å². The highest BCUT2D eigenvalue weighted by atomic mass is 32.2. The zero-order chi connectivity index (χ0) is 14.0. The van der Waals surface area contributed by atoms with Crippen LogP contribution in [-0.4, -0.2) is 53.9 Å². The second-order valence-electron chi connectivity index (χ2n) is 3.83. The minimum Gasteiger partial charge on any atom is -0.472 e. The Morgan fingerprint density at radius 1 is 1.42 bits per heavy atom. The van der Waals surface area contributed by atoms with Crippen molar-refractivity contribution in [2.24, 2.45) is 0 Å². The van der Waals surface area contributed by atoms with Gasteiger partial charge in [0, 0.05) is 20.3 Å². The Hall–Kier alpha value is -1.52. The van der Waals surface area contributed by atoms with Crippen LogP contribution in [0.15, 0.2) is 17.3 Å². The van der Waals surface area contributed by atoms with Crippen LogP contribution in [0.25, 0.3) is 0 Å². The Labute approximate surface area is 114 Å². The van der Waals surface area contributed by atoms with E-state index in [9.17, 15) is 8.42 Å². The molecule has 0 N–H and O–H groups in total. The lowest BCUT2D eigenvalue weighted by molar-refractivity contribution is 0.407. The van der Waals surface area contributed by atoms with Crippen molar-refractivity contribution in [1.82, 2.24) is 24.3 Å². The minimum atomic E-state index is -3.46. The summed E-state index contributed by atoms with van der Waals surface area (Å²) in [6.45, 7) is 0.351. The molecule has 2 aromatic heterocycles. The molecule has 10 heteroatoms. The largest absolute Gasteiger partial charge is 0.472 e. The standard InChI is InChI=1S/C9H13N5O3S2/c1-13(2)19(15,16)7-4-10-14(5-7)6-8-11-12-9(17-3)18-8/h4-5H,6H2,1-3H3. The average Bonchev–Trinajstić information content (AvgIpc) is 2.98. The summed E-state index contributed by atoms with van der Waals surface area (Å²) in [6.07, 6.45) is 2.77. The zero-order valence-corrected chi connectivity index (χ0v) is 12.3. The molecule has 0 atom stereocenters. The summed E-state index contributed by atoms with van der Waals surface area (Å²) in [6, 6.07) is 0. The molecule has 2 heterocycles.